The van der Waals surface area contributed by atoms with Gasteiger partial charge in [-0.1, -0.05) is 49.7 Å². The summed E-state index contributed by atoms with van der Waals surface area (Å²) in [6.07, 6.45) is 1.98. The quantitative estimate of drug-likeness (QED) is 0.483. The summed E-state index contributed by atoms with van der Waals surface area (Å²) in [4.78, 5) is 1.81. The van der Waals surface area contributed by atoms with E-state index in [0.717, 1.165) is 12.8 Å². The molecule has 0 atom stereocenters. The van der Waals surface area contributed by atoms with Gasteiger partial charge in [0.2, 0.25) is 0 Å². The van der Waals surface area contributed by atoms with E-state index in [1.54, 1.807) is 72.8 Å². The van der Waals surface area contributed by atoms with Crippen LogP contribution in [0.4, 0.5) is 0 Å². The van der Waals surface area contributed by atoms with E-state index < -0.39 is 20.6 Å². The summed E-state index contributed by atoms with van der Waals surface area (Å²) < 4.78 is 46.5. The van der Waals surface area contributed by atoms with Crippen molar-refractivity contribution < 1.29 is 32.7 Å². The van der Waals surface area contributed by atoms with E-state index in [0.29, 0.717) is 27.0 Å². The Kier molecular flexibility index (Phi) is 7.18. The fourth-order valence-electron chi connectivity index (χ4n) is 2.92. The molecule has 0 radical (unpaired) electrons. The van der Waals surface area contributed by atoms with Crippen molar-refractivity contribution in [1.29, 1.82) is 0 Å². The van der Waals surface area contributed by atoms with Gasteiger partial charge in [-0.05, 0) is 55.0 Å². The number of hydrogen-bond acceptors (Lipinski definition) is 5. The van der Waals surface area contributed by atoms with Crippen molar-refractivity contribution >= 4 is 10.3 Å². The van der Waals surface area contributed by atoms with Gasteiger partial charge >= 0.3 is 0 Å². The van der Waals surface area contributed by atoms with E-state index in [-0.39, 0.29) is 0 Å². The molecule has 5 nitrogen and oxygen atoms in total. The largest absolute Gasteiger partial charge is 0.494 e. The Labute approximate surface area is 174 Å². The van der Waals surface area contributed by atoms with E-state index in [1.807, 2.05) is 12.1 Å². The summed E-state index contributed by atoms with van der Waals surface area (Å²) in [5.74, 6) is 0.680. The van der Waals surface area contributed by atoms with Gasteiger partial charge < -0.3 is 4.74 Å². The number of unbranched alkanes of at least 4 members (excludes halogenated alkanes) is 1. The Hall–Kier alpha value is -2.06. The predicted octanol–water partition coefficient (Wildman–Crippen LogP) is 2.98. The molecule has 29 heavy (non-hydrogen) atoms. The number of benzene rings is 3. The lowest BCUT2D eigenvalue weighted by atomic mass is 10.3. The zero-order valence-corrected chi connectivity index (χ0v) is 17.6. The third-order valence-electron chi connectivity index (χ3n) is 4.24. The third kappa shape index (κ3) is 5.30. The maximum Gasteiger partial charge on any atom is 0.134 e. The molecule has 0 spiro atoms. The average molecular weight is 435 g/mol. The Morgan fingerprint density at radius 3 is 1.66 bits per heavy atom. The van der Waals surface area contributed by atoms with E-state index in [4.69, 9.17) is 8.47 Å². The smallest absolute Gasteiger partial charge is 0.134 e. The highest BCUT2D eigenvalue weighted by Crippen LogP contribution is 2.70. The minimum atomic E-state index is -4.68. The molecule has 0 amide bonds. The molecule has 0 heterocycles. The number of hydrogen-bond donors (Lipinski definition) is 0. The van der Waals surface area contributed by atoms with E-state index in [9.17, 15) is 14.0 Å². The number of rotatable bonds is 9. The molecule has 0 aliphatic carbocycles. The Balaban J connectivity index is 2.14. The van der Waals surface area contributed by atoms with Gasteiger partial charge in [-0.3, -0.25) is 0 Å². The van der Waals surface area contributed by atoms with Gasteiger partial charge in [0.1, 0.15) is 9.49 Å². The van der Waals surface area contributed by atoms with Crippen molar-refractivity contribution in [3.05, 3.63) is 84.9 Å². The van der Waals surface area contributed by atoms with Gasteiger partial charge in [-0.15, -0.1) is 0 Å². The fourth-order valence-corrected chi connectivity index (χ4v) is 7.13. The second kappa shape index (κ2) is 9.63. The summed E-state index contributed by atoms with van der Waals surface area (Å²) in [5, 5.41) is 0. The summed E-state index contributed by atoms with van der Waals surface area (Å²) in [6, 6.07) is 25.0. The first-order valence-corrected chi connectivity index (χ1v) is 12.0. The van der Waals surface area contributed by atoms with Crippen LogP contribution < -0.4 is 18.7 Å². The highest BCUT2D eigenvalue weighted by Gasteiger charge is 2.46. The fraction of sp³-hybridized carbons (Fsp3) is 0.182. The maximum atomic E-state index is 11.8. The molecule has 0 saturated carbocycles. The van der Waals surface area contributed by atoms with Crippen LogP contribution in [-0.2, 0) is 3.74 Å². The SMILES string of the molecule is CCCCOc1ccc(S(O[Cl+3]([O-])([O-])[O-])(c2ccccc2)c2ccccc2)cc1. The van der Waals surface area contributed by atoms with Gasteiger partial charge in [-0.2, -0.15) is 14.0 Å². The van der Waals surface area contributed by atoms with Crippen LogP contribution >= 0.6 is 10.3 Å². The lowest BCUT2D eigenvalue weighted by Gasteiger charge is -2.34. The Morgan fingerprint density at radius 1 is 0.724 bits per heavy atom. The summed E-state index contributed by atoms with van der Waals surface area (Å²) in [7, 11) is -7.49. The van der Waals surface area contributed by atoms with Crippen LogP contribution in [0.2, 0.25) is 0 Å². The van der Waals surface area contributed by atoms with E-state index in [2.05, 4.69) is 6.92 Å². The lowest BCUT2D eigenvalue weighted by Crippen LogP contribution is -2.61. The van der Waals surface area contributed by atoms with Gasteiger partial charge in [0.15, 0.2) is 0 Å². The normalized spacial score (nSPS) is 12.6. The van der Waals surface area contributed by atoms with Crippen LogP contribution in [0, 0.1) is 10.2 Å². The van der Waals surface area contributed by atoms with Crippen molar-refractivity contribution in [2.24, 2.45) is 0 Å². The van der Waals surface area contributed by atoms with Crippen LogP contribution in [0.25, 0.3) is 0 Å². The molecule has 3 rings (SSSR count). The second-order valence-corrected chi connectivity index (χ2v) is 10.1. The minimum Gasteiger partial charge on any atom is -0.494 e. The molecule has 0 fully saturated rings. The van der Waals surface area contributed by atoms with E-state index >= 15 is 0 Å². The molecule has 0 aromatic heterocycles. The summed E-state index contributed by atoms with van der Waals surface area (Å²) in [5.41, 5.74) is 0. The molecule has 0 aliphatic heterocycles. The van der Waals surface area contributed by atoms with Crippen LogP contribution in [0.1, 0.15) is 19.8 Å². The summed E-state index contributed by atoms with van der Waals surface area (Å²) >= 11 is 0. The van der Waals surface area contributed by atoms with Gasteiger partial charge in [-0.25, -0.2) is 0 Å². The molecule has 0 unspecified atom stereocenters. The second-order valence-electron chi connectivity index (χ2n) is 6.30. The predicted molar refractivity (Wildman–Crippen MR) is 103 cm³/mol. The Bertz CT molecular complexity index is 843. The van der Waals surface area contributed by atoms with Crippen molar-refractivity contribution in [3.63, 3.8) is 0 Å². The summed E-state index contributed by atoms with van der Waals surface area (Å²) in [6.45, 7) is 2.69. The first-order chi connectivity index (χ1) is 14.0. The molecule has 0 saturated heterocycles. The van der Waals surface area contributed by atoms with Gasteiger partial charge in [0, 0.05) is 14.7 Å². The average Bonchev–Trinajstić information content (AvgIpc) is 2.73. The molecule has 3 aromatic carbocycles. The molecule has 0 aliphatic rings. The Morgan fingerprint density at radius 2 is 1.21 bits per heavy atom. The highest BCUT2D eigenvalue weighted by molar-refractivity contribution is 8.29. The molecule has 7 heteroatoms. The van der Waals surface area contributed by atoms with Gasteiger partial charge in [0.05, 0.1) is 27.2 Å². The molecule has 0 bridgehead atoms. The van der Waals surface area contributed by atoms with Crippen LogP contribution in [0.5, 0.6) is 5.75 Å². The standard InChI is InChI=1S/C22H23ClO5S/c1-2-3-18-27-19-14-16-22(17-15-19)29(28-23(24,25)26,20-10-6-4-7-11-20)21-12-8-5-9-13-21/h4-17H,2-3,18H2,1H3. The van der Waals surface area contributed by atoms with E-state index in [1.165, 1.54) is 0 Å². The molecule has 0 N–H and O–H groups in total. The monoisotopic (exact) mass is 434 g/mol. The van der Waals surface area contributed by atoms with Gasteiger partial charge in [0.25, 0.3) is 0 Å². The van der Waals surface area contributed by atoms with Crippen LogP contribution in [0.15, 0.2) is 99.6 Å². The topological polar surface area (TPSA) is 87.6 Å². The zero-order chi connectivity index (χ0) is 20.7. The number of ether oxygens (including phenoxy) is 1. The van der Waals surface area contributed by atoms with Crippen LogP contribution in [-0.4, -0.2) is 6.61 Å². The minimum absolute atomic E-state index is 0.588. The van der Waals surface area contributed by atoms with Crippen LogP contribution in [0.3, 0.4) is 0 Å². The molecule has 3 aromatic rings. The zero-order valence-electron chi connectivity index (χ0n) is 16.0. The first-order valence-electron chi connectivity index (χ1n) is 9.24. The van der Waals surface area contributed by atoms with Crippen molar-refractivity contribution in [2.45, 2.75) is 34.5 Å². The van der Waals surface area contributed by atoms with Crippen molar-refractivity contribution in [2.75, 3.05) is 6.61 Å². The highest BCUT2D eigenvalue weighted by atomic mass is 35.7. The number of halogens is 1. The molecule has 154 valence electrons. The maximum absolute atomic E-state index is 11.8. The molecular formula is C22H23ClO5S. The third-order valence-corrected chi connectivity index (χ3v) is 8.43. The lowest BCUT2D eigenvalue weighted by molar-refractivity contribution is -1.91. The molecular weight excluding hydrogens is 412 g/mol. The van der Waals surface area contributed by atoms with Crippen molar-refractivity contribution in [1.82, 2.24) is 0 Å². The van der Waals surface area contributed by atoms with Crippen molar-refractivity contribution in [3.8, 4) is 5.75 Å². The first kappa shape index (κ1) is 21.6.